The van der Waals surface area contributed by atoms with E-state index in [-0.39, 0.29) is 47.8 Å². The van der Waals surface area contributed by atoms with Crippen LogP contribution in [0.2, 0.25) is 5.02 Å². The first-order chi connectivity index (χ1) is 30.1. The number of ether oxygens (including phenoxy) is 2. The zero-order chi connectivity index (χ0) is 44.6. The van der Waals surface area contributed by atoms with Gasteiger partial charge in [-0.25, -0.2) is 4.79 Å². The average molecular weight is 881 g/mol. The number of amides is 6. The van der Waals surface area contributed by atoms with Crippen molar-refractivity contribution in [2.24, 2.45) is 5.92 Å². The van der Waals surface area contributed by atoms with Crippen LogP contribution in [0.15, 0.2) is 48.5 Å². The number of halogens is 1. The summed E-state index contributed by atoms with van der Waals surface area (Å²) in [4.78, 5) is 86.7. The van der Waals surface area contributed by atoms with Gasteiger partial charge in [-0.05, 0) is 88.4 Å². The highest BCUT2D eigenvalue weighted by atomic mass is 35.5. The Balaban J connectivity index is 0.802. The van der Waals surface area contributed by atoms with E-state index in [1.165, 1.54) is 11.0 Å². The normalized spacial score (nSPS) is 22.2. The van der Waals surface area contributed by atoms with Crippen molar-refractivity contribution in [3.8, 4) is 11.8 Å². The summed E-state index contributed by atoms with van der Waals surface area (Å²) in [6.45, 7) is 11.2. The smallest absolute Gasteiger partial charge is 0.411 e. The molecule has 2 aromatic carbocycles. The molecule has 1 aromatic heterocycles. The first-order valence-electron chi connectivity index (χ1n) is 21.2. The molecule has 0 spiro atoms. The van der Waals surface area contributed by atoms with Gasteiger partial charge in [0.05, 0.1) is 28.3 Å². The molecule has 63 heavy (non-hydrogen) atoms. The number of rotatable bonds is 9. The molecule has 330 valence electrons. The SMILES string of the molecule is CC(C)(C)OC(=O)N1C[C@H](Oc2ccc(C#N)c(Cl)c2)C[C@H]1C(=O)Nc1ccc(N2CCC(CN3CCN(c4ccc5c(c4)C(=O)N(C4CCC(=O)NC4=O)C5=O)CC3)CC2)nn1. The molecule has 1 unspecified atom stereocenters. The van der Waals surface area contributed by atoms with Gasteiger partial charge in [-0.3, -0.25) is 44.0 Å². The maximum atomic E-state index is 13.6. The number of carbonyl (C=O) groups excluding carboxylic acids is 6. The lowest BCUT2D eigenvalue weighted by Gasteiger charge is -2.39. The van der Waals surface area contributed by atoms with Gasteiger partial charge in [0.1, 0.15) is 35.6 Å². The van der Waals surface area contributed by atoms with Crippen molar-refractivity contribution in [2.75, 3.05) is 67.5 Å². The van der Waals surface area contributed by atoms with Gasteiger partial charge in [0.2, 0.25) is 17.7 Å². The number of aromatic nitrogens is 2. The molecule has 3 aromatic rings. The summed E-state index contributed by atoms with van der Waals surface area (Å²) in [5.41, 5.74) is 0.936. The van der Waals surface area contributed by atoms with Gasteiger partial charge in [-0.15, -0.1) is 10.2 Å². The number of hydrogen-bond donors (Lipinski definition) is 2. The van der Waals surface area contributed by atoms with E-state index in [4.69, 9.17) is 21.1 Å². The minimum atomic E-state index is -0.994. The number of imide groups is 2. The fourth-order valence-corrected chi connectivity index (χ4v) is 9.04. The van der Waals surface area contributed by atoms with Gasteiger partial charge >= 0.3 is 6.09 Å². The highest BCUT2D eigenvalue weighted by Crippen LogP contribution is 2.33. The van der Waals surface area contributed by atoms with Gasteiger partial charge in [0.15, 0.2) is 11.6 Å². The number of carbonyl (C=O) groups is 6. The molecular weight excluding hydrogens is 832 g/mol. The van der Waals surface area contributed by atoms with Gasteiger partial charge in [0, 0.05) is 70.4 Å². The number of nitriles is 1. The van der Waals surface area contributed by atoms with Gasteiger partial charge in [0.25, 0.3) is 11.8 Å². The Morgan fingerprint density at radius 2 is 1.65 bits per heavy atom. The standard InChI is InChI=1S/C44H49ClN10O8/c1-44(2,3)63-43(61)54-25-30(62-29-6-4-27(23-46)33(45)21-29)22-35(54)40(58)47-36-9-10-37(50-49-36)53-14-12-26(13-15-53)24-51-16-18-52(19-17-51)28-5-7-31-32(20-28)42(60)55(41(31)59)34-8-11-38(56)48-39(34)57/h4-7,9-10,20-21,26,30,34-35H,8,11-19,22,24-25H2,1-3H3,(H,47,49,58)(H,48,56,57)/t30-,34?,35+/m1/s1. The number of nitrogens with zero attached hydrogens (tertiary/aromatic N) is 8. The average Bonchev–Trinajstić information content (AvgIpc) is 3.79. The van der Waals surface area contributed by atoms with Gasteiger partial charge < -0.3 is 24.6 Å². The van der Waals surface area contributed by atoms with Crippen LogP contribution in [0.4, 0.5) is 22.1 Å². The molecular formula is C44H49ClN10O8. The number of likely N-dealkylation sites (tertiary alicyclic amines) is 1. The largest absolute Gasteiger partial charge is 0.488 e. The maximum Gasteiger partial charge on any atom is 0.411 e. The number of hydrogen-bond acceptors (Lipinski definition) is 14. The topological polar surface area (TPSA) is 211 Å². The summed E-state index contributed by atoms with van der Waals surface area (Å²) in [5, 5.41) is 23.2. The predicted molar refractivity (Wildman–Crippen MR) is 229 cm³/mol. The monoisotopic (exact) mass is 880 g/mol. The van der Waals surface area contributed by atoms with E-state index < -0.39 is 59.4 Å². The summed E-state index contributed by atoms with van der Waals surface area (Å²) in [5.74, 6) is -0.628. The van der Waals surface area contributed by atoms with Crippen molar-refractivity contribution in [1.29, 1.82) is 5.26 Å². The first kappa shape index (κ1) is 43.3. The minimum Gasteiger partial charge on any atom is -0.488 e. The summed E-state index contributed by atoms with van der Waals surface area (Å²) < 4.78 is 11.7. The molecule has 0 radical (unpaired) electrons. The van der Waals surface area contributed by atoms with Crippen molar-refractivity contribution in [2.45, 2.75) is 76.7 Å². The highest BCUT2D eigenvalue weighted by molar-refractivity contribution is 6.31. The Labute approximate surface area is 369 Å². The molecule has 4 saturated heterocycles. The zero-order valence-electron chi connectivity index (χ0n) is 35.3. The molecule has 2 N–H and O–H groups in total. The molecule has 8 rings (SSSR count). The van der Waals surface area contributed by atoms with E-state index in [2.05, 4.69) is 35.5 Å². The molecule has 3 atom stereocenters. The first-order valence-corrected chi connectivity index (χ1v) is 21.6. The fraction of sp³-hybridized carbons (Fsp3) is 0.477. The lowest BCUT2D eigenvalue weighted by Crippen LogP contribution is -2.54. The van der Waals surface area contributed by atoms with E-state index in [1.54, 1.807) is 51.1 Å². The summed E-state index contributed by atoms with van der Waals surface area (Å²) in [6, 6.07) is 13.6. The van der Waals surface area contributed by atoms with Crippen LogP contribution in [0.3, 0.4) is 0 Å². The predicted octanol–water partition coefficient (Wildman–Crippen LogP) is 3.84. The number of anilines is 3. The number of piperazine rings is 1. The summed E-state index contributed by atoms with van der Waals surface area (Å²) in [7, 11) is 0. The van der Waals surface area contributed by atoms with E-state index in [0.29, 0.717) is 23.0 Å². The van der Waals surface area contributed by atoms with Crippen molar-refractivity contribution in [1.82, 2.24) is 30.2 Å². The third kappa shape index (κ3) is 9.54. The molecule has 19 heteroatoms. The Morgan fingerprint density at radius 3 is 2.32 bits per heavy atom. The number of fused-ring (bicyclic) bond motifs is 1. The quantitative estimate of drug-likeness (QED) is 0.293. The van der Waals surface area contributed by atoms with Crippen molar-refractivity contribution >= 4 is 64.6 Å². The molecule has 0 bridgehead atoms. The summed E-state index contributed by atoms with van der Waals surface area (Å²) >= 11 is 6.20. The lowest BCUT2D eigenvalue weighted by atomic mass is 9.96. The second-order valence-corrected chi connectivity index (χ2v) is 17.9. The molecule has 4 fully saturated rings. The molecule has 18 nitrogen and oxygen atoms in total. The van der Waals surface area contributed by atoms with Crippen LogP contribution in [0.1, 0.15) is 79.2 Å². The number of benzene rings is 2. The van der Waals surface area contributed by atoms with Crippen LogP contribution >= 0.6 is 11.6 Å². The molecule has 5 aliphatic rings. The molecule has 5 aliphatic heterocycles. The fourth-order valence-electron chi connectivity index (χ4n) is 8.83. The van der Waals surface area contributed by atoms with Crippen LogP contribution in [-0.2, 0) is 19.1 Å². The number of nitrogens with one attached hydrogen (secondary N) is 2. The lowest BCUT2D eigenvalue weighted by molar-refractivity contribution is -0.136. The molecule has 0 saturated carbocycles. The Kier molecular flexibility index (Phi) is 12.3. The summed E-state index contributed by atoms with van der Waals surface area (Å²) in [6.07, 6.45) is 1.15. The van der Waals surface area contributed by atoms with E-state index in [1.807, 2.05) is 18.2 Å². The third-order valence-corrected chi connectivity index (χ3v) is 12.4. The van der Waals surface area contributed by atoms with E-state index >= 15 is 0 Å². The second kappa shape index (κ2) is 17.8. The Hall–Kier alpha value is -6.32. The van der Waals surface area contributed by atoms with Crippen molar-refractivity contribution in [3.63, 3.8) is 0 Å². The molecule has 6 amide bonds. The maximum absolute atomic E-state index is 13.6. The minimum absolute atomic E-state index is 0.0750. The highest BCUT2D eigenvalue weighted by Gasteiger charge is 2.45. The van der Waals surface area contributed by atoms with Crippen LogP contribution < -0.4 is 25.2 Å². The van der Waals surface area contributed by atoms with Crippen molar-refractivity contribution in [3.05, 3.63) is 70.2 Å². The molecule has 6 heterocycles. The van der Waals surface area contributed by atoms with Crippen molar-refractivity contribution < 1.29 is 38.2 Å². The Bertz CT molecular complexity index is 2350. The van der Waals surface area contributed by atoms with E-state index in [9.17, 15) is 34.0 Å². The van der Waals surface area contributed by atoms with Crippen LogP contribution in [0.5, 0.6) is 5.75 Å². The van der Waals surface area contributed by atoms with E-state index in [0.717, 1.165) is 69.2 Å². The zero-order valence-corrected chi connectivity index (χ0v) is 36.1. The number of piperidine rings is 2. The third-order valence-electron chi connectivity index (χ3n) is 12.1. The van der Waals surface area contributed by atoms with Crippen LogP contribution in [-0.4, -0.2) is 137 Å². The van der Waals surface area contributed by atoms with Crippen LogP contribution in [0.25, 0.3) is 0 Å². The van der Waals surface area contributed by atoms with Gasteiger partial charge in [-0.1, -0.05) is 11.6 Å². The van der Waals surface area contributed by atoms with Gasteiger partial charge in [-0.2, -0.15) is 5.26 Å². The molecule has 0 aliphatic carbocycles. The van der Waals surface area contributed by atoms with Crippen LogP contribution in [0, 0.1) is 17.2 Å². The second-order valence-electron chi connectivity index (χ2n) is 17.5. The Morgan fingerprint density at radius 1 is 0.905 bits per heavy atom.